The number of benzene rings is 1. The van der Waals surface area contributed by atoms with Crippen LogP contribution in [-0.2, 0) is 29.5 Å². The van der Waals surface area contributed by atoms with Gasteiger partial charge in [0.05, 0.1) is 23.4 Å². The molecule has 0 aliphatic heterocycles. The van der Waals surface area contributed by atoms with Crippen molar-refractivity contribution in [2.75, 3.05) is 7.05 Å². The highest BCUT2D eigenvalue weighted by atomic mass is 32.2. The van der Waals surface area contributed by atoms with Crippen LogP contribution in [0.2, 0.25) is 0 Å². The number of hydrogen-bond donors (Lipinski definition) is 3. The van der Waals surface area contributed by atoms with Gasteiger partial charge in [-0.15, -0.1) is 4.33 Å². The summed E-state index contributed by atoms with van der Waals surface area (Å²) in [6, 6.07) is 4.69. The number of rotatable bonds is 7. The summed E-state index contributed by atoms with van der Waals surface area (Å²) in [5.41, 5.74) is 0.0547. The maximum atomic E-state index is 12.2. The molecule has 1 aromatic heterocycles. The van der Waals surface area contributed by atoms with Gasteiger partial charge in [0.1, 0.15) is 4.90 Å². The molecule has 0 unspecified atom stereocenters. The molecule has 0 radical (unpaired) electrons. The Morgan fingerprint density at radius 1 is 1.24 bits per heavy atom. The molecule has 0 saturated carbocycles. The maximum Gasteiger partial charge on any atom is 0.296 e. The minimum absolute atomic E-state index is 0.234. The molecule has 0 fully saturated rings. The van der Waals surface area contributed by atoms with E-state index in [0.29, 0.717) is 17.7 Å². The van der Waals surface area contributed by atoms with E-state index in [0.717, 1.165) is 10.7 Å². The highest BCUT2D eigenvalue weighted by Gasteiger charge is 2.25. The monoisotopic (exact) mass is 411 g/mol. The minimum atomic E-state index is -4.69. The number of hydrogen-bond acceptors (Lipinski definition) is 9. The van der Waals surface area contributed by atoms with Crippen LogP contribution in [-0.4, -0.2) is 43.5 Å². The number of aromatic nitrogens is 2. The second-order valence-corrected chi connectivity index (χ2v) is 8.57. The van der Waals surface area contributed by atoms with Crippen molar-refractivity contribution in [3.63, 3.8) is 0 Å². The van der Waals surface area contributed by atoms with E-state index in [1.807, 2.05) is 0 Å². The van der Waals surface area contributed by atoms with E-state index >= 15 is 0 Å². The van der Waals surface area contributed by atoms with E-state index in [2.05, 4.69) is 19.2 Å². The summed E-state index contributed by atoms with van der Waals surface area (Å²) in [6.07, 6.45) is 0. The van der Waals surface area contributed by atoms with Gasteiger partial charge in [-0.2, -0.15) is 13.5 Å². The SMILES string of the molecule is CNS(=O)(=O)c1cc(C)nn1-c1cc(SOOO)ccc1S(=O)(=O)O. The van der Waals surface area contributed by atoms with E-state index in [9.17, 15) is 21.4 Å². The van der Waals surface area contributed by atoms with Crippen molar-refractivity contribution in [3.05, 3.63) is 30.0 Å². The fraction of sp³-hybridized carbons (Fsp3) is 0.182. The average molecular weight is 411 g/mol. The molecular formula is C11H13N3O8S3. The van der Waals surface area contributed by atoms with Crippen molar-refractivity contribution < 1.29 is 36.0 Å². The molecule has 3 N–H and O–H groups in total. The molecule has 0 spiro atoms. The second kappa shape index (κ2) is 7.38. The largest absolute Gasteiger partial charge is 0.296 e. The number of aryl methyl sites for hydroxylation is 1. The van der Waals surface area contributed by atoms with Gasteiger partial charge in [-0.3, -0.25) is 4.55 Å². The van der Waals surface area contributed by atoms with Gasteiger partial charge in [0.25, 0.3) is 20.1 Å². The quantitative estimate of drug-likeness (QED) is 0.257. The van der Waals surface area contributed by atoms with Gasteiger partial charge in [-0.1, -0.05) is 5.04 Å². The normalized spacial score (nSPS) is 12.5. The minimum Gasteiger partial charge on any atom is -0.282 e. The fourth-order valence-electron chi connectivity index (χ4n) is 1.93. The highest BCUT2D eigenvalue weighted by Crippen LogP contribution is 2.29. The molecule has 2 rings (SSSR count). The number of sulfonamides is 1. The second-order valence-electron chi connectivity index (χ2n) is 4.57. The van der Waals surface area contributed by atoms with Crippen molar-refractivity contribution >= 4 is 32.2 Å². The van der Waals surface area contributed by atoms with Gasteiger partial charge in [0.15, 0.2) is 5.03 Å². The summed E-state index contributed by atoms with van der Waals surface area (Å²) >= 11 is 0.520. The topological polar surface area (TPSA) is 157 Å². The van der Waals surface area contributed by atoms with Crippen LogP contribution in [0.25, 0.3) is 5.69 Å². The lowest BCUT2D eigenvalue weighted by atomic mass is 10.3. The third kappa shape index (κ3) is 4.36. The zero-order valence-corrected chi connectivity index (χ0v) is 15.2. The van der Waals surface area contributed by atoms with Crippen LogP contribution >= 0.6 is 12.0 Å². The molecule has 14 heteroatoms. The summed E-state index contributed by atoms with van der Waals surface area (Å²) in [5.74, 6) is 0. The van der Waals surface area contributed by atoms with Gasteiger partial charge >= 0.3 is 0 Å². The zero-order valence-electron chi connectivity index (χ0n) is 12.8. The molecule has 0 atom stereocenters. The van der Waals surface area contributed by atoms with E-state index in [1.54, 1.807) is 0 Å². The lowest BCUT2D eigenvalue weighted by Gasteiger charge is -2.12. The molecule has 0 saturated heterocycles. The standard InChI is InChI=1S/C11H13N3O8S3/c1-7-5-11(24(16,17)12-2)14(13-7)9-6-8(23-22-21-15)3-4-10(9)25(18,19)20/h3-6,12,15H,1-2H3,(H,18,19,20). The van der Waals surface area contributed by atoms with Crippen molar-refractivity contribution in [3.8, 4) is 5.69 Å². The Hall–Kier alpha value is -1.52. The first-order valence-corrected chi connectivity index (χ1v) is 10.0. The molecule has 11 nitrogen and oxygen atoms in total. The predicted molar refractivity (Wildman–Crippen MR) is 85.0 cm³/mol. The van der Waals surface area contributed by atoms with E-state index in [-0.39, 0.29) is 15.6 Å². The predicted octanol–water partition coefficient (Wildman–Crippen LogP) is 0.764. The van der Waals surface area contributed by atoms with Crippen molar-refractivity contribution in [1.82, 2.24) is 14.5 Å². The van der Waals surface area contributed by atoms with Crippen LogP contribution < -0.4 is 4.72 Å². The molecule has 138 valence electrons. The van der Waals surface area contributed by atoms with Crippen LogP contribution in [0.15, 0.2) is 39.1 Å². The first-order chi connectivity index (χ1) is 11.6. The molecule has 0 bridgehead atoms. The molecular weight excluding hydrogens is 398 g/mol. The Morgan fingerprint density at radius 2 is 1.92 bits per heavy atom. The lowest BCUT2D eigenvalue weighted by Crippen LogP contribution is -2.22. The van der Waals surface area contributed by atoms with Crippen LogP contribution in [0.3, 0.4) is 0 Å². The van der Waals surface area contributed by atoms with Gasteiger partial charge in [-0.05, 0) is 38.2 Å². The van der Waals surface area contributed by atoms with Crippen molar-refractivity contribution in [1.29, 1.82) is 0 Å². The fourth-order valence-corrected chi connectivity index (χ4v) is 3.88. The molecule has 1 heterocycles. The van der Waals surface area contributed by atoms with E-state index < -0.39 is 25.0 Å². The summed E-state index contributed by atoms with van der Waals surface area (Å²) in [6.45, 7) is 1.51. The van der Waals surface area contributed by atoms with E-state index in [4.69, 9.17) is 5.26 Å². The summed E-state index contributed by atoms with van der Waals surface area (Å²) in [4.78, 5) is -0.338. The van der Waals surface area contributed by atoms with Crippen LogP contribution in [0.5, 0.6) is 0 Å². The lowest BCUT2D eigenvalue weighted by molar-refractivity contribution is -0.432. The van der Waals surface area contributed by atoms with Crippen LogP contribution in [0, 0.1) is 6.92 Å². The molecule has 25 heavy (non-hydrogen) atoms. The van der Waals surface area contributed by atoms with Crippen molar-refractivity contribution in [2.24, 2.45) is 0 Å². The maximum absolute atomic E-state index is 12.2. The molecule has 2 aromatic rings. The molecule has 1 aromatic carbocycles. The molecule has 0 amide bonds. The first kappa shape index (κ1) is 19.8. The third-order valence-corrected chi connectivity index (χ3v) is 5.80. The Balaban J connectivity index is 2.77. The number of nitrogens with zero attached hydrogens (tertiary/aromatic N) is 2. The van der Waals surface area contributed by atoms with Crippen LogP contribution in [0.1, 0.15) is 5.69 Å². The molecule has 0 aliphatic rings. The van der Waals surface area contributed by atoms with Crippen molar-refractivity contribution in [2.45, 2.75) is 21.7 Å². The first-order valence-electron chi connectivity index (χ1n) is 6.37. The Kier molecular flexibility index (Phi) is 5.85. The Bertz CT molecular complexity index is 984. The molecule has 0 aliphatic carbocycles. The third-order valence-electron chi connectivity index (χ3n) is 2.94. The smallest absolute Gasteiger partial charge is 0.282 e. The number of nitrogens with one attached hydrogen (secondary N) is 1. The zero-order chi connectivity index (χ0) is 18.8. The summed E-state index contributed by atoms with van der Waals surface area (Å²) in [5, 5.41) is 15.3. The summed E-state index contributed by atoms with van der Waals surface area (Å²) < 4.78 is 64.2. The Labute approximate surface area is 147 Å². The van der Waals surface area contributed by atoms with E-state index in [1.165, 1.54) is 32.2 Å². The van der Waals surface area contributed by atoms with Gasteiger partial charge in [0.2, 0.25) is 0 Å². The Morgan fingerprint density at radius 3 is 2.48 bits per heavy atom. The van der Waals surface area contributed by atoms with Gasteiger partial charge in [0, 0.05) is 4.90 Å². The van der Waals surface area contributed by atoms with Crippen LogP contribution in [0.4, 0.5) is 0 Å². The summed E-state index contributed by atoms with van der Waals surface area (Å²) in [7, 11) is -7.48. The van der Waals surface area contributed by atoms with Gasteiger partial charge in [-0.25, -0.2) is 23.1 Å². The highest BCUT2D eigenvalue weighted by molar-refractivity contribution is 7.94. The van der Waals surface area contributed by atoms with Gasteiger partial charge < -0.3 is 0 Å². The average Bonchev–Trinajstić information content (AvgIpc) is 2.94.